The van der Waals surface area contributed by atoms with Gasteiger partial charge in [0.25, 0.3) is 0 Å². The normalized spacial score (nSPS) is 13.5. The number of hydrogen-bond acceptors (Lipinski definition) is 3. The number of nitrogens with one attached hydrogen (secondary N) is 1. The smallest absolute Gasteiger partial charge is 0.124 e. The van der Waals surface area contributed by atoms with Crippen molar-refractivity contribution in [1.82, 2.24) is 5.32 Å². The first kappa shape index (κ1) is 14.0. The standard InChI is InChI=1S/C14H23NO2/c1-5-17-13-9-7-6-8-12(13)11(2)15-10-14(3,4)16/h6-9,11,15-16H,5,10H2,1-4H3. The van der Waals surface area contributed by atoms with Gasteiger partial charge in [0.05, 0.1) is 12.2 Å². The molecular formula is C14H23NO2. The molecule has 1 aromatic carbocycles. The highest BCUT2D eigenvalue weighted by atomic mass is 16.5. The number of rotatable bonds is 6. The van der Waals surface area contributed by atoms with Crippen LogP contribution in [0.3, 0.4) is 0 Å². The highest BCUT2D eigenvalue weighted by molar-refractivity contribution is 5.35. The maximum absolute atomic E-state index is 9.69. The molecule has 0 heterocycles. The molecule has 0 spiro atoms. The molecule has 1 atom stereocenters. The summed E-state index contributed by atoms with van der Waals surface area (Å²) in [6, 6.07) is 8.15. The maximum Gasteiger partial charge on any atom is 0.124 e. The molecule has 96 valence electrons. The van der Waals surface area contributed by atoms with Crippen molar-refractivity contribution in [3.05, 3.63) is 29.8 Å². The zero-order valence-corrected chi connectivity index (χ0v) is 11.2. The van der Waals surface area contributed by atoms with Crippen molar-refractivity contribution in [3.8, 4) is 5.75 Å². The maximum atomic E-state index is 9.69. The van der Waals surface area contributed by atoms with Crippen molar-refractivity contribution >= 4 is 0 Å². The van der Waals surface area contributed by atoms with Crippen LogP contribution in [-0.4, -0.2) is 23.9 Å². The number of para-hydroxylation sites is 1. The van der Waals surface area contributed by atoms with Gasteiger partial charge in [0.1, 0.15) is 5.75 Å². The highest BCUT2D eigenvalue weighted by Gasteiger charge is 2.16. The van der Waals surface area contributed by atoms with Gasteiger partial charge in [-0.1, -0.05) is 18.2 Å². The van der Waals surface area contributed by atoms with E-state index < -0.39 is 5.60 Å². The number of hydrogen-bond donors (Lipinski definition) is 2. The summed E-state index contributed by atoms with van der Waals surface area (Å²) in [5.74, 6) is 0.908. The lowest BCUT2D eigenvalue weighted by Crippen LogP contribution is -2.36. The second kappa shape index (κ2) is 6.03. The molecule has 1 rings (SSSR count). The van der Waals surface area contributed by atoms with Crippen LogP contribution in [-0.2, 0) is 0 Å². The van der Waals surface area contributed by atoms with Crippen LogP contribution in [0.4, 0.5) is 0 Å². The number of ether oxygens (including phenoxy) is 1. The Morgan fingerprint density at radius 3 is 2.59 bits per heavy atom. The first-order valence-corrected chi connectivity index (χ1v) is 6.11. The van der Waals surface area contributed by atoms with Crippen molar-refractivity contribution < 1.29 is 9.84 Å². The third-order valence-corrected chi connectivity index (χ3v) is 2.53. The van der Waals surface area contributed by atoms with Gasteiger partial charge in [-0.05, 0) is 33.8 Å². The number of aliphatic hydroxyl groups is 1. The number of benzene rings is 1. The van der Waals surface area contributed by atoms with Crippen molar-refractivity contribution in [1.29, 1.82) is 0 Å². The van der Waals surface area contributed by atoms with E-state index in [4.69, 9.17) is 4.74 Å². The van der Waals surface area contributed by atoms with Gasteiger partial charge in [-0.25, -0.2) is 0 Å². The van der Waals surface area contributed by atoms with Gasteiger partial charge in [-0.3, -0.25) is 0 Å². The first-order valence-electron chi connectivity index (χ1n) is 6.11. The minimum absolute atomic E-state index is 0.157. The quantitative estimate of drug-likeness (QED) is 0.798. The van der Waals surface area contributed by atoms with E-state index in [1.165, 1.54) is 0 Å². The average molecular weight is 237 g/mol. The lowest BCUT2D eigenvalue weighted by molar-refractivity contribution is 0.0769. The minimum atomic E-state index is -0.700. The molecule has 1 aromatic rings. The van der Waals surface area contributed by atoms with Crippen LogP contribution in [0.5, 0.6) is 5.75 Å². The van der Waals surface area contributed by atoms with Crippen LogP contribution >= 0.6 is 0 Å². The van der Waals surface area contributed by atoms with E-state index in [0.29, 0.717) is 13.2 Å². The Morgan fingerprint density at radius 1 is 1.35 bits per heavy atom. The summed E-state index contributed by atoms with van der Waals surface area (Å²) < 4.78 is 5.59. The molecule has 0 fully saturated rings. The van der Waals surface area contributed by atoms with Gasteiger partial charge in [0.2, 0.25) is 0 Å². The third kappa shape index (κ3) is 4.75. The van der Waals surface area contributed by atoms with Gasteiger partial charge in [0.15, 0.2) is 0 Å². The van der Waals surface area contributed by atoms with E-state index in [1.807, 2.05) is 31.2 Å². The van der Waals surface area contributed by atoms with E-state index in [1.54, 1.807) is 13.8 Å². The van der Waals surface area contributed by atoms with Crippen LogP contribution in [0.2, 0.25) is 0 Å². The van der Waals surface area contributed by atoms with E-state index >= 15 is 0 Å². The van der Waals surface area contributed by atoms with Crippen molar-refractivity contribution in [2.24, 2.45) is 0 Å². The molecule has 2 N–H and O–H groups in total. The molecule has 3 heteroatoms. The Morgan fingerprint density at radius 2 is 2.00 bits per heavy atom. The fourth-order valence-corrected chi connectivity index (χ4v) is 1.64. The average Bonchev–Trinajstić information content (AvgIpc) is 2.26. The van der Waals surface area contributed by atoms with E-state index in [2.05, 4.69) is 12.2 Å². The Bertz CT molecular complexity index is 344. The lowest BCUT2D eigenvalue weighted by Gasteiger charge is -2.23. The van der Waals surface area contributed by atoms with Gasteiger partial charge < -0.3 is 15.2 Å². The summed E-state index contributed by atoms with van der Waals surface area (Å²) in [6.45, 7) is 8.85. The Hall–Kier alpha value is -1.06. The van der Waals surface area contributed by atoms with Gasteiger partial charge in [-0.2, -0.15) is 0 Å². The molecule has 0 aliphatic carbocycles. The molecule has 3 nitrogen and oxygen atoms in total. The molecule has 0 aliphatic heterocycles. The fraction of sp³-hybridized carbons (Fsp3) is 0.571. The fourth-order valence-electron chi connectivity index (χ4n) is 1.64. The van der Waals surface area contributed by atoms with Gasteiger partial charge in [-0.15, -0.1) is 0 Å². The van der Waals surface area contributed by atoms with Gasteiger partial charge >= 0.3 is 0 Å². The first-order chi connectivity index (χ1) is 7.94. The third-order valence-electron chi connectivity index (χ3n) is 2.53. The predicted octanol–water partition coefficient (Wildman–Crippen LogP) is 2.51. The van der Waals surface area contributed by atoms with Crippen LogP contribution in [0.25, 0.3) is 0 Å². The molecule has 1 unspecified atom stereocenters. The summed E-state index contributed by atoms with van der Waals surface area (Å²) in [5.41, 5.74) is 0.424. The monoisotopic (exact) mass is 237 g/mol. The predicted molar refractivity (Wildman–Crippen MR) is 70.3 cm³/mol. The van der Waals surface area contributed by atoms with Crippen molar-refractivity contribution in [3.63, 3.8) is 0 Å². The van der Waals surface area contributed by atoms with E-state index in [0.717, 1.165) is 11.3 Å². The summed E-state index contributed by atoms with van der Waals surface area (Å²) in [4.78, 5) is 0. The van der Waals surface area contributed by atoms with Crippen LogP contribution in [0, 0.1) is 0 Å². The molecule has 0 amide bonds. The van der Waals surface area contributed by atoms with Crippen LogP contribution in [0.15, 0.2) is 24.3 Å². The summed E-state index contributed by atoms with van der Waals surface area (Å²) >= 11 is 0. The molecule has 0 saturated carbocycles. The van der Waals surface area contributed by atoms with E-state index in [9.17, 15) is 5.11 Å². The Balaban J connectivity index is 2.70. The molecule has 0 aliphatic rings. The van der Waals surface area contributed by atoms with Crippen LogP contribution in [0.1, 0.15) is 39.3 Å². The van der Waals surface area contributed by atoms with Gasteiger partial charge in [0, 0.05) is 18.2 Å². The SMILES string of the molecule is CCOc1ccccc1C(C)NCC(C)(C)O. The molecule has 0 saturated heterocycles. The second-order valence-corrected chi connectivity index (χ2v) is 4.89. The molecule has 17 heavy (non-hydrogen) atoms. The Kier molecular flexibility index (Phi) is 4.97. The zero-order valence-electron chi connectivity index (χ0n) is 11.2. The van der Waals surface area contributed by atoms with Crippen molar-refractivity contribution in [2.75, 3.05) is 13.2 Å². The molecule has 0 aromatic heterocycles. The summed E-state index contributed by atoms with van der Waals surface area (Å²) in [5, 5.41) is 13.0. The molecular weight excluding hydrogens is 214 g/mol. The Labute approximate surface area is 104 Å². The minimum Gasteiger partial charge on any atom is -0.494 e. The van der Waals surface area contributed by atoms with Crippen LogP contribution < -0.4 is 10.1 Å². The summed E-state index contributed by atoms with van der Waals surface area (Å²) in [6.07, 6.45) is 0. The second-order valence-electron chi connectivity index (χ2n) is 4.89. The molecule has 0 radical (unpaired) electrons. The van der Waals surface area contributed by atoms with Crippen molar-refractivity contribution in [2.45, 2.75) is 39.3 Å². The van der Waals surface area contributed by atoms with E-state index in [-0.39, 0.29) is 6.04 Å². The lowest BCUT2D eigenvalue weighted by atomic mass is 10.1. The zero-order chi connectivity index (χ0) is 12.9. The topological polar surface area (TPSA) is 41.5 Å². The largest absolute Gasteiger partial charge is 0.494 e. The molecule has 0 bridgehead atoms. The highest BCUT2D eigenvalue weighted by Crippen LogP contribution is 2.24. The summed E-state index contributed by atoms with van der Waals surface area (Å²) in [7, 11) is 0.